The maximum Gasteiger partial charge on any atom is 0.277 e. The third-order valence-corrected chi connectivity index (χ3v) is 4.96. The van der Waals surface area contributed by atoms with Gasteiger partial charge in [0.1, 0.15) is 5.75 Å². The standard InChI is InChI=1S/C23H29N3O2/c1-18-8-7-9-22(16-18)28-17-23(27)25-24-19(2)20-10-12-21(13-11-20)26-14-5-3-4-6-15-26/h7-13,16H,3-6,14-15,17H2,1-2H3,(H,25,27)/b24-19-. The molecular formula is C23H29N3O2. The van der Waals surface area contributed by atoms with E-state index < -0.39 is 0 Å². The minimum absolute atomic E-state index is 0.0614. The quantitative estimate of drug-likeness (QED) is 0.602. The summed E-state index contributed by atoms with van der Waals surface area (Å²) in [6, 6.07) is 16.0. The SMILES string of the molecule is C/C(=N/NC(=O)COc1cccc(C)c1)c1ccc(N2CCCCCC2)cc1. The monoisotopic (exact) mass is 379 g/mol. The average Bonchev–Trinajstić information content (AvgIpc) is 3.00. The molecule has 1 fully saturated rings. The van der Waals surface area contributed by atoms with E-state index >= 15 is 0 Å². The molecule has 0 aromatic heterocycles. The molecule has 1 amide bonds. The van der Waals surface area contributed by atoms with Crippen LogP contribution in [0.3, 0.4) is 0 Å². The summed E-state index contributed by atoms with van der Waals surface area (Å²) in [5.74, 6) is 0.405. The highest BCUT2D eigenvalue weighted by molar-refractivity contribution is 5.99. The summed E-state index contributed by atoms with van der Waals surface area (Å²) >= 11 is 0. The molecule has 2 aromatic carbocycles. The lowest BCUT2D eigenvalue weighted by molar-refractivity contribution is -0.123. The van der Waals surface area contributed by atoms with Crippen molar-refractivity contribution in [2.24, 2.45) is 5.10 Å². The van der Waals surface area contributed by atoms with Gasteiger partial charge in [0.2, 0.25) is 0 Å². The first-order valence-electron chi connectivity index (χ1n) is 10.00. The van der Waals surface area contributed by atoms with Crippen LogP contribution in [-0.4, -0.2) is 31.3 Å². The van der Waals surface area contributed by atoms with Crippen molar-refractivity contribution in [3.05, 3.63) is 59.7 Å². The molecule has 5 heteroatoms. The van der Waals surface area contributed by atoms with Gasteiger partial charge in [-0.2, -0.15) is 5.10 Å². The van der Waals surface area contributed by atoms with Crippen LogP contribution in [0.5, 0.6) is 5.75 Å². The van der Waals surface area contributed by atoms with Crippen molar-refractivity contribution < 1.29 is 9.53 Å². The van der Waals surface area contributed by atoms with Crippen LogP contribution >= 0.6 is 0 Å². The number of hydrogen-bond acceptors (Lipinski definition) is 4. The minimum atomic E-state index is -0.276. The Kier molecular flexibility index (Phi) is 7.06. The average molecular weight is 380 g/mol. The number of ether oxygens (including phenoxy) is 1. The zero-order valence-corrected chi connectivity index (χ0v) is 16.8. The van der Waals surface area contributed by atoms with Gasteiger partial charge in [-0.1, -0.05) is 37.1 Å². The molecule has 3 rings (SSSR count). The molecule has 148 valence electrons. The lowest BCUT2D eigenvalue weighted by atomic mass is 10.1. The Morgan fingerprint density at radius 3 is 2.46 bits per heavy atom. The molecule has 5 nitrogen and oxygen atoms in total. The minimum Gasteiger partial charge on any atom is -0.484 e. The van der Waals surface area contributed by atoms with Gasteiger partial charge in [-0.25, -0.2) is 5.43 Å². The van der Waals surface area contributed by atoms with E-state index in [2.05, 4.69) is 39.7 Å². The summed E-state index contributed by atoms with van der Waals surface area (Å²) in [5, 5.41) is 4.20. The van der Waals surface area contributed by atoms with E-state index in [-0.39, 0.29) is 12.5 Å². The van der Waals surface area contributed by atoms with E-state index in [0.717, 1.165) is 29.9 Å². The lowest BCUT2D eigenvalue weighted by Crippen LogP contribution is -2.25. The predicted octanol–water partition coefficient (Wildman–Crippen LogP) is 4.29. The number of benzene rings is 2. The Morgan fingerprint density at radius 2 is 1.79 bits per heavy atom. The van der Waals surface area contributed by atoms with Crippen molar-refractivity contribution in [2.45, 2.75) is 39.5 Å². The van der Waals surface area contributed by atoms with Crippen LogP contribution in [-0.2, 0) is 4.79 Å². The van der Waals surface area contributed by atoms with Crippen LogP contribution in [0.2, 0.25) is 0 Å². The summed E-state index contributed by atoms with van der Waals surface area (Å²) in [4.78, 5) is 14.4. The first-order valence-corrected chi connectivity index (χ1v) is 10.00. The van der Waals surface area contributed by atoms with Gasteiger partial charge in [0, 0.05) is 18.8 Å². The van der Waals surface area contributed by atoms with Gasteiger partial charge >= 0.3 is 0 Å². The van der Waals surface area contributed by atoms with E-state index in [0.29, 0.717) is 5.75 Å². The predicted molar refractivity (Wildman–Crippen MR) is 114 cm³/mol. The van der Waals surface area contributed by atoms with E-state index in [4.69, 9.17) is 4.74 Å². The van der Waals surface area contributed by atoms with Crippen LogP contribution in [0.15, 0.2) is 53.6 Å². The summed E-state index contributed by atoms with van der Waals surface area (Å²) in [6.07, 6.45) is 5.18. The first kappa shape index (κ1) is 19.9. The number of nitrogens with one attached hydrogen (secondary N) is 1. The Labute approximate surface area is 167 Å². The Balaban J connectivity index is 1.51. The van der Waals surface area contributed by atoms with E-state index in [1.165, 1.54) is 31.4 Å². The van der Waals surface area contributed by atoms with Crippen LogP contribution in [0.25, 0.3) is 0 Å². The lowest BCUT2D eigenvalue weighted by Gasteiger charge is -2.22. The smallest absolute Gasteiger partial charge is 0.277 e. The van der Waals surface area contributed by atoms with Crippen molar-refractivity contribution in [1.82, 2.24) is 5.43 Å². The van der Waals surface area contributed by atoms with Crippen LogP contribution in [0, 0.1) is 6.92 Å². The molecular weight excluding hydrogens is 350 g/mol. The third kappa shape index (κ3) is 5.84. The zero-order chi connectivity index (χ0) is 19.8. The maximum absolute atomic E-state index is 12.0. The molecule has 2 aromatic rings. The van der Waals surface area contributed by atoms with E-state index in [9.17, 15) is 4.79 Å². The normalized spacial score (nSPS) is 15.1. The fourth-order valence-corrected chi connectivity index (χ4v) is 3.34. The molecule has 0 unspecified atom stereocenters. The number of hydrogen-bond donors (Lipinski definition) is 1. The van der Waals surface area contributed by atoms with Gasteiger partial charge < -0.3 is 9.64 Å². The van der Waals surface area contributed by atoms with Gasteiger partial charge in [-0.05, 0) is 62.1 Å². The number of carbonyl (C=O) groups is 1. The van der Waals surface area contributed by atoms with Gasteiger partial charge in [0.05, 0.1) is 5.71 Å². The number of amides is 1. The van der Waals surface area contributed by atoms with Crippen molar-refractivity contribution in [3.63, 3.8) is 0 Å². The van der Waals surface area contributed by atoms with Crippen LogP contribution in [0.4, 0.5) is 5.69 Å². The number of anilines is 1. The maximum atomic E-state index is 12.0. The number of carbonyl (C=O) groups excluding carboxylic acids is 1. The molecule has 1 aliphatic heterocycles. The number of aryl methyl sites for hydroxylation is 1. The molecule has 0 aliphatic carbocycles. The van der Waals surface area contributed by atoms with Gasteiger partial charge in [0.15, 0.2) is 6.61 Å². The summed E-state index contributed by atoms with van der Waals surface area (Å²) in [6.45, 7) is 6.07. The highest BCUT2D eigenvalue weighted by Crippen LogP contribution is 2.20. The largest absolute Gasteiger partial charge is 0.484 e. The van der Waals surface area contributed by atoms with Crippen molar-refractivity contribution in [1.29, 1.82) is 0 Å². The molecule has 1 heterocycles. The molecule has 0 spiro atoms. The summed E-state index contributed by atoms with van der Waals surface area (Å²) in [5.41, 5.74) is 6.69. The van der Waals surface area contributed by atoms with Crippen molar-refractivity contribution in [2.75, 3.05) is 24.6 Å². The Bertz CT molecular complexity index is 807. The third-order valence-electron chi connectivity index (χ3n) is 4.96. The second-order valence-electron chi connectivity index (χ2n) is 7.29. The second kappa shape index (κ2) is 9.93. The molecule has 0 radical (unpaired) electrons. The van der Waals surface area contributed by atoms with Crippen molar-refractivity contribution in [3.8, 4) is 5.75 Å². The molecule has 1 aliphatic rings. The molecule has 28 heavy (non-hydrogen) atoms. The van der Waals surface area contributed by atoms with Crippen LogP contribution < -0.4 is 15.1 Å². The molecule has 0 atom stereocenters. The van der Waals surface area contributed by atoms with E-state index in [1.807, 2.05) is 38.1 Å². The summed E-state index contributed by atoms with van der Waals surface area (Å²) < 4.78 is 5.49. The fourth-order valence-electron chi connectivity index (χ4n) is 3.34. The summed E-state index contributed by atoms with van der Waals surface area (Å²) in [7, 11) is 0. The number of hydrazone groups is 1. The van der Waals surface area contributed by atoms with Crippen LogP contribution in [0.1, 0.15) is 43.7 Å². The van der Waals surface area contributed by atoms with E-state index in [1.54, 1.807) is 0 Å². The van der Waals surface area contributed by atoms with Gasteiger partial charge in [-0.15, -0.1) is 0 Å². The zero-order valence-electron chi connectivity index (χ0n) is 16.8. The first-order chi connectivity index (χ1) is 13.6. The fraction of sp³-hybridized carbons (Fsp3) is 0.391. The van der Waals surface area contributed by atoms with Gasteiger partial charge in [-0.3, -0.25) is 4.79 Å². The molecule has 0 bridgehead atoms. The highest BCUT2D eigenvalue weighted by atomic mass is 16.5. The Morgan fingerprint density at radius 1 is 1.07 bits per heavy atom. The van der Waals surface area contributed by atoms with Crippen molar-refractivity contribution >= 4 is 17.3 Å². The van der Waals surface area contributed by atoms with Gasteiger partial charge in [0.25, 0.3) is 5.91 Å². The molecule has 1 N–H and O–H groups in total. The second-order valence-corrected chi connectivity index (χ2v) is 7.29. The Hall–Kier alpha value is -2.82. The number of rotatable bonds is 6. The topological polar surface area (TPSA) is 53.9 Å². The highest BCUT2D eigenvalue weighted by Gasteiger charge is 2.10. The molecule has 0 saturated carbocycles. The number of nitrogens with zero attached hydrogens (tertiary/aromatic N) is 2. The molecule has 1 saturated heterocycles.